The molecule has 0 amide bonds. The summed E-state index contributed by atoms with van der Waals surface area (Å²) < 4.78 is 5.20. The third kappa shape index (κ3) is 2.66. The number of ether oxygens (including phenoxy) is 1. The average molecular weight is 228 g/mol. The highest BCUT2D eigenvalue weighted by Gasteiger charge is 2.10. The molecule has 0 radical (unpaired) electrons. The maximum atomic E-state index is 12.0. The summed E-state index contributed by atoms with van der Waals surface area (Å²) in [5.74, 6) is 0.729. The Labute approximate surface area is 99.3 Å². The van der Waals surface area contributed by atoms with Crippen LogP contribution in [-0.2, 0) is 6.42 Å². The first kappa shape index (κ1) is 11.3. The Balaban J connectivity index is 2.19. The molecule has 0 N–H and O–H groups in total. The van der Waals surface area contributed by atoms with E-state index < -0.39 is 0 Å². The Morgan fingerprint density at radius 1 is 1.24 bits per heavy atom. The molecule has 0 bridgehead atoms. The minimum absolute atomic E-state index is 0.00407. The Morgan fingerprint density at radius 2 is 2.06 bits per heavy atom. The SMILES string of the molecule is COc1ccccc1CC(=O)c1ccnnc1. The predicted octanol–water partition coefficient (Wildman–Crippen LogP) is 1.91. The molecule has 4 heteroatoms. The van der Waals surface area contributed by atoms with Gasteiger partial charge in [0.2, 0.25) is 0 Å². The number of nitrogens with zero attached hydrogens (tertiary/aromatic N) is 2. The maximum absolute atomic E-state index is 12.0. The third-order valence-electron chi connectivity index (χ3n) is 2.45. The van der Waals surface area contributed by atoms with E-state index in [4.69, 9.17) is 4.74 Å². The number of methoxy groups -OCH3 is 1. The molecule has 0 atom stereocenters. The van der Waals surface area contributed by atoms with Crippen LogP contribution >= 0.6 is 0 Å². The van der Waals surface area contributed by atoms with Crippen LogP contribution in [-0.4, -0.2) is 23.1 Å². The van der Waals surface area contributed by atoms with E-state index in [-0.39, 0.29) is 5.78 Å². The van der Waals surface area contributed by atoms with E-state index in [0.29, 0.717) is 12.0 Å². The van der Waals surface area contributed by atoms with Crippen LogP contribution in [0, 0.1) is 0 Å². The number of rotatable bonds is 4. The van der Waals surface area contributed by atoms with E-state index in [2.05, 4.69) is 10.2 Å². The first-order chi connectivity index (χ1) is 8.31. The van der Waals surface area contributed by atoms with E-state index in [1.807, 2.05) is 24.3 Å². The highest BCUT2D eigenvalue weighted by Crippen LogP contribution is 2.19. The minimum Gasteiger partial charge on any atom is -0.496 e. The standard InChI is InChI=1S/C13H12N2O2/c1-17-13-5-3-2-4-10(13)8-12(16)11-6-7-14-15-9-11/h2-7,9H,8H2,1H3. The molecule has 0 aliphatic heterocycles. The molecule has 86 valence electrons. The lowest BCUT2D eigenvalue weighted by Gasteiger charge is -2.06. The molecule has 1 aromatic carbocycles. The van der Waals surface area contributed by atoms with E-state index in [1.54, 1.807) is 13.2 Å². The van der Waals surface area contributed by atoms with Crippen LogP contribution in [0.4, 0.5) is 0 Å². The predicted molar refractivity (Wildman–Crippen MR) is 63.1 cm³/mol. The zero-order valence-corrected chi connectivity index (χ0v) is 9.46. The van der Waals surface area contributed by atoms with Gasteiger partial charge in [0.25, 0.3) is 0 Å². The second-order valence-corrected chi connectivity index (χ2v) is 3.54. The smallest absolute Gasteiger partial charge is 0.169 e. The molecule has 4 nitrogen and oxygen atoms in total. The van der Waals surface area contributed by atoms with Crippen LogP contribution in [0.5, 0.6) is 5.75 Å². The zero-order valence-electron chi connectivity index (χ0n) is 9.46. The number of para-hydroxylation sites is 1. The fraction of sp³-hybridized carbons (Fsp3) is 0.154. The van der Waals surface area contributed by atoms with E-state index in [1.165, 1.54) is 12.4 Å². The van der Waals surface area contributed by atoms with Gasteiger partial charge in [0, 0.05) is 17.5 Å². The molecule has 0 spiro atoms. The molecular weight excluding hydrogens is 216 g/mol. The lowest BCUT2D eigenvalue weighted by atomic mass is 10.0. The molecule has 2 aromatic rings. The minimum atomic E-state index is 0.00407. The monoisotopic (exact) mass is 228 g/mol. The fourth-order valence-corrected chi connectivity index (χ4v) is 1.58. The summed E-state index contributed by atoms with van der Waals surface area (Å²) in [7, 11) is 1.59. The normalized spacial score (nSPS) is 9.94. The third-order valence-corrected chi connectivity index (χ3v) is 2.45. The summed E-state index contributed by atoms with van der Waals surface area (Å²) in [6.45, 7) is 0. The summed E-state index contributed by atoms with van der Waals surface area (Å²) >= 11 is 0. The zero-order chi connectivity index (χ0) is 12.1. The number of hydrogen-bond acceptors (Lipinski definition) is 4. The fourth-order valence-electron chi connectivity index (χ4n) is 1.58. The molecule has 0 aliphatic rings. The first-order valence-electron chi connectivity index (χ1n) is 5.23. The van der Waals surface area contributed by atoms with Crippen molar-refractivity contribution in [2.75, 3.05) is 7.11 Å². The van der Waals surface area contributed by atoms with Gasteiger partial charge in [0.1, 0.15) is 5.75 Å². The Morgan fingerprint density at radius 3 is 2.76 bits per heavy atom. The number of carbonyl (C=O) groups excluding carboxylic acids is 1. The van der Waals surface area contributed by atoms with Crippen LogP contribution in [0.15, 0.2) is 42.7 Å². The number of aromatic nitrogens is 2. The Hall–Kier alpha value is -2.23. The number of ketones is 1. The Kier molecular flexibility index (Phi) is 3.45. The number of Topliss-reactive ketones (excluding diaryl/α,β-unsaturated/α-hetero) is 1. The molecule has 0 saturated carbocycles. The summed E-state index contributed by atoms with van der Waals surface area (Å²) in [6.07, 6.45) is 3.28. The van der Waals surface area contributed by atoms with Gasteiger partial charge in [-0.15, -0.1) is 0 Å². The lowest BCUT2D eigenvalue weighted by molar-refractivity contribution is 0.0991. The maximum Gasteiger partial charge on any atom is 0.169 e. The van der Waals surface area contributed by atoms with Gasteiger partial charge in [-0.3, -0.25) is 4.79 Å². The summed E-state index contributed by atoms with van der Waals surface area (Å²) in [5.41, 5.74) is 1.43. The van der Waals surface area contributed by atoms with Gasteiger partial charge in [0.05, 0.1) is 19.5 Å². The molecule has 0 unspecified atom stereocenters. The van der Waals surface area contributed by atoms with Crippen molar-refractivity contribution < 1.29 is 9.53 Å². The van der Waals surface area contributed by atoms with Crippen molar-refractivity contribution in [3.63, 3.8) is 0 Å². The highest BCUT2D eigenvalue weighted by atomic mass is 16.5. The Bertz CT molecular complexity index is 512. The van der Waals surface area contributed by atoms with Gasteiger partial charge in [-0.05, 0) is 12.1 Å². The molecular formula is C13H12N2O2. The van der Waals surface area contributed by atoms with Gasteiger partial charge in [-0.1, -0.05) is 18.2 Å². The molecule has 0 fully saturated rings. The van der Waals surface area contributed by atoms with Crippen LogP contribution in [0.1, 0.15) is 15.9 Å². The molecule has 2 rings (SSSR count). The van der Waals surface area contributed by atoms with Crippen LogP contribution in [0.25, 0.3) is 0 Å². The van der Waals surface area contributed by atoms with E-state index >= 15 is 0 Å². The van der Waals surface area contributed by atoms with E-state index in [0.717, 1.165) is 11.3 Å². The second kappa shape index (κ2) is 5.21. The average Bonchev–Trinajstić information content (AvgIpc) is 2.40. The van der Waals surface area contributed by atoms with Gasteiger partial charge < -0.3 is 4.74 Å². The largest absolute Gasteiger partial charge is 0.496 e. The quantitative estimate of drug-likeness (QED) is 0.750. The topological polar surface area (TPSA) is 52.1 Å². The number of carbonyl (C=O) groups is 1. The van der Waals surface area contributed by atoms with Crippen molar-refractivity contribution in [1.82, 2.24) is 10.2 Å². The van der Waals surface area contributed by atoms with Crippen molar-refractivity contribution in [2.45, 2.75) is 6.42 Å². The summed E-state index contributed by atoms with van der Waals surface area (Å²) in [5, 5.41) is 7.33. The summed E-state index contributed by atoms with van der Waals surface area (Å²) in [4.78, 5) is 12.0. The van der Waals surface area contributed by atoms with Gasteiger partial charge in [-0.25, -0.2) is 0 Å². The lowest BCUT2D eigenvalue weighted by Crippen LogP contribution is -2.05. The van der Waals surface area contributed by atoms with Crippen molar-refractivity contribution in [3.05, 3.63) is 53.9 Å². The van der Waals surface area contributed by atoms with Gasteiger partial charge >= 0.3 is 0 Å². The van der Waals surface area contributed by atoms with Crippen molar-refractivity contribution in [1.29, 1.82) is 0 Å². The van der Waals surface area contributed by atoms with Crippen LogP contribution in [0.3, 0.4) is 0 Å². The molecule has 0 saturated heterocycles. The summed E-state index contributed by atoms with van der Waals surface area (Å²) in [6, 6.07) is 9.14. The highest BCUT2D eigenvalue weighted by molar-refractivity contribution is 5.97. The van der Waals surface area contributed by atoms with Gasteiger partial charge in [-0.2, -0.15) is 10.2 Å². The van der Waals surface area contributed by atoms with E-state index in [9.17, 15) is 4.79 Å². The number of benzene rings is 1. The first-order valence-corrected chi connectivity index (χ1v) is 5.23. The molecule has 1 heterocycles. The van der Waals surface area contributed by atoms with Crippen molar-refractivity contribution >= 4 is 5.78 Å². The molecule has 0 aliphatic carbocycles. The van der Waals surface area contributed by atoms with Crippen molar-refractivity contribution in [2.24, 2.45) is 0 Å². The van der Waals surface area contributed by atoms with Crippen molar-refractivity contribution in [3.8, 4) is 5.75 Å². The second-order valence-electron chi connectivity index (χ2n) is 3.54. The number of hydrogen-bond donors (Lipinski definition) is 0. The van der Waals surface area contributed by atoms with Gasteiger partial charge in [0.15, 0.2) is 5.78 Å². The molecule has 1 aromatic heterocycles. The molecule has 17 heavy (non-hydrogen) atoms. The van der Waals surface area contributed by atoms with Crippen LogP contribution < -0.4 is 4.74 Å². The van der Waals surface area contributed by atoms with Crippen LogP contribution in [0.2, 0.25) is 0 Å².